The monoisotopic (exact) mass is 326 g/mol. The molecule has 23 heavy (non-hydrogen) atoms. The number of aryl methyl sites for hydroxylation is 2. The van der Waals surface area contributed by atoms with Crippen LogP contribution >= 0.6 is 11.8 Å². The lowest BCUT2D eigenvalue weighted by Gasteiger charge is -2.15. The largest absolute Gasteiger partial charge is 0.489 e. The van der Waals surface area contributed by atoms with Gasteiger partial charge in [-0.2, -0.15) is 0 Å². The molecule has 0 unspecified atom stereocenters. The molecule has 0 saturated carbocycles. The van der Waals surface area contributed by atoms with E-state index in [-0.39, 0.29) is 0 Å². The summed E-state index contributed by atoms with van der Waals surface area (Å²) < 4.78 is 6.08. The average molecular weight is 326 g/mol. The van der Waals surface area contributed by atoms with Crippen LogP contribution in [0.2, 0.25) is 0 Å². The summed E-state index contributed by atoms with van der Waals surface area (Å²) in [5, 5.41) is 4.38. The predicted molar refractivity (Wildman–Crippen MR) is 100 cm³/mol. The van der Waals surface area contributed by atoms with Gasteiger partial charge in [-0.1, -0.05) is 12.1 Å². The van der Waals surface area contributed by atoms with Crippen LogP contribution < -0.4 is 10.1 Å². The fraction of sp³-hybridized carbons (Fsp3) is 0.316. The van der Waals surface area contributed by atoms with E-state index in [2.05, 4.69) is 60.6 Å². The van der Waals surface area contributed by atoms with E-state index < -0.39 is 0 Å². The van der Waals surface area contributed by atoms with Crippen molar-refractivity contribution in [3.8, 4) is 5.75 Å². The number of anilines is 1. The predicted octanol–water partition coefficient (Wildman–Crippen LogP) is 4.42. The smallest absolute Gasteiger partial charge is 0.122 e. The van der Waals surface area contributed by atoms with E-state index in [1.807, 2.05) is 18.8 Å². The highest BCUT2D eigenvalue weighted by molar-refractivity contribution is 8.14. The number of nitrogens with zero attached hydrogens (tertiary/aromatic N) is 1. The zero-order valence-corrected chi connectivity index (χ0v) is 14.7. The second-order valence-electron chi connectivity index (χ2n) is 5.66. The van der Waals surface area contributed by atoms with Gasteiger partial charge in [-0.25, -0.2) is 0 Å². The van der Waals surface area contributed by atoms with Gasteiger partial charge in [-0.3, -0.25) is 4.99 Å². The normalized spacial score (nSPS) is 13.8. The van der Waals surface area contributed by atoms with Crippen LogP contribution in [-0.4, -0.2) is 24.4 Å². The standard InChI is InChI=1S/C19H22N2OS/c1-13-5-4-6-17(20-3)16(13)12-22-18-8-7-15(11-14(18)2)19-21-9-10-23-19/h4-8,11,20H,9-10,12H2,1-3H3. The third-order valence-electron chi connectivity index (χ3n) is 4.06. The number of benzene rings is 2. The summed E-state index contributed by atoms with van der Waals surface area (Å²) >= 11 is 1.83. The van der Waals surface area contributed by atoms with Gasteiger partial charge in [0, 0.05) is 36.2 Å². The van der Waals surface area contributed by atoms with Crippen molar-refractivity contribution in [3.63, 3.8) is 0 Å². The number of ether oxygens (including phenoxy) is 1. The summed E-state index contributed by atoms with van der Waals surface area (Å²) in [4.78, 5) is 4.54. The van der Waals surface area contributed by atoms with Crippen LogP contribution in [0.4, 0.5) is 5.69 Å². The molecule has 0 aliphatic carbocycles. The highest BCUT2D eigenvalue weighted by Gasteiger charge is 2.12. The number of hydrogen-bond donors (Lipinski definition) is 1. The Labute approximate surface area is 142 Å². The molecule has 3 nitrogen and oxygen atoms in total. The van der Waals surface area contributed by atoms with Gasteiger partial charge in [0.05, 0.1) is 5.04 Å². The molecule has 2 aromatic rings. The number of hydrogen-bond acceptors (Lipinski definition) is 4. The average Bonchev–Trinajstić information content (AvgIpc) is 3.09. The SMILES string of the molecule is CNc1cccc(C)c1COc1ccc(C2=NCCS2)cc1C. The van der Waals surface area contributed by atoms with Crippen molar-refractivity contribution in [2.45, 2.75) is 20.5 Å². The second-order valence-corrected chi connectivity index (χ2v) is 6.74. The molecular formula is C19H22N2OS. The van der Waals surface area contributed by atoms with Crippen LogP contribution in [0.1, 0.15) is 22.3 Å². The second kappa shape index (κ2) is 7.09. The van der Waals surface area contributed by atoms with Crippen molar-refractivity contribution in [2.24, 2.45) is 4.99 Å². The molecule has 1 N–H and O–H groups in total. The first-order chi connectivity index (χ1) is 11.2. The molecule has 0 radical (unpaired) electrons. The Morgan fingerprint density at radius 2 is 2.04 bits per heavy atom. The molecule has 3 rings (SSSR count). The molecule has 0 bridgehead atoms. The van der Waals surface area contributed by atoms with E-state index in [0.29, 0.717) is 6.61 Å². The topological polar surface area (TPSA) is 33.6 Å². The van der Waals surface area contributed by atoms with Crippen molar-refractivity contribution >= 4 is 22.5 Å². The maximum absolute atomic E-state index is 6.08. The Kier molecular flexibility index (Phi) is 4.91. The minimum Gasteiger partial charge on any atom is -0.489 e. The quantitative estimate of drug-likeness (QED) is 0.883. The lowest BCUT2D eigenvalue weighted by Crippen LogP contribution is -2.04. The summed E-state index contributed by atoms with van der Waals surface area (Å²) in [6.45, 7) is 5.71. The summed E-state index contributed by atoms with van der Waals surface area (Å²) in [6.07, 6.45) is 0. The van der Waals surface area contributed by atoms with Crippen molar-refractivity contribution < 1.29 is 4.74 Å². The molecule has 120 valence electrons. The first kappa shape index (κ1) is 15.9. The lowest BCUT2D eigenvalue weighted by atomic mass is 10.1. The minimum absolute atomic E-state index is 0.568. The van der Waals surface area contributed by atoms with E-state index in [0.717, 1.165) is 34.3 Å². The molecule has 4 heteroatoms. The van der Waals surface area contributed by atoms with E-state index in [4.69, 9.17) is 4.74 Å². The fourth-order valence-electron chi connectivity index (χ4n) is 2.73. The highest BCUT2D eigenvalue weighted by atomic mass is 32.2. The van der Waals surface area contributed by atoms with Gasteiger partial charge in [0.1, 0.15) is 12.4 Å². The van der Waals surface area contributed by atoms with Crippen molar-refractivity contribution in [1.29, 1.82) is 0 Å². The molecule has 0 amide bonds. The van der Waals surface area contributed by atoms with Crippen LogP contribution in [-0.2, 0) is 6.61 Å². The van der Waals surface area contributed by atoms with Gasteiger partial charge in [0.2, 0.25) is 0 Å². The Hall–Kier alpha value is -1.94. The number of rotatable bonds is 5. The molecule has 0 saturated heterocycles. The van der Waals surface area contributed by atoms with Gasteiger partial charge >= 0.3 is 0 Å². The lowest BCUT2D eigenvalue weighted by molar-refractivity contribution is 0.304. The van der Waals surface area contributed by atoms with Crippen LogP contribution in [0.15, 0.2) is 41.4 Å². The molecule has 1 aliphatic rings. The van der Waals surface area contributed by atoms with Crippen molar-refractivity contribution in [1.82, 2.24) is 0 Å². The van der Waals surface area contributed by atoms with Crippen LogP contribution in [0.5, 0.6) is 5.75 Å². The van der Waals surface area contributed by atoms with Crippen LogP contribution in [0.25, 0.3) is 0 Å². The number of nitrogens with one attached hydrogen (secondary N) is 1. The van der Waals surface area contributed by atoms with Gasteiger partial charge in [0.25, 0.3) is 0 Å². The number of aliphatic imine (C=N–C) groups is 1. The summed E-state index contributed by atoms with van der Waals surface area (Å²) in [7, 11) is 1.94. The van der Waals surface area contributed by atoms with E-state index in [1.165, 1.54) is 16.7 Å². The minimum atomic E-state index is 0.568. The molecule has 0 spiro atoms. The van der Waals surface area contributed by atoms with Gasteiger partial charge in [-0.15, -0.1) is 11.8 Å². The Morgan fingerprint density at radius 3 is 2.74 bits per heavy atom. The molecule has 1 heterocycles. The number of thioether (sulfide) groups is 1. The van der Waals surface area contributed by atoms with Crippen LogP contribution in [0, 0.1) is 13.8 Å². The molecular weight excluding hydrogens is 304 g/mol. The van der Waals surface area contributed by atoms with Crippen molar-refractivity contribution in [2.75, 3.05) is 24.7 Å². The highest BCUT2D eigenvalue weighted by Crippen LogP contribution is 2.27. The Balaban J connectivity index is 1.76. The molecule has 2 aromatic carbocycles. The molecule has 0 aromatic heterocycles. The fourth-order valence-corrected chi connectivity index (χ4v) is 3.58. The zero-order valence-electron chi connectivity index (χ0n) is 13.8. The Bertz CT molecular complexity index is 740. The summed E-state index contributed by atoms with van der Waals surface area (Å²) in [5.74, 6) is 2.02. The van der Waals surface area contributed by atoms with E-state index in [9.17, 15) is 0 Å². The van der Waals surface area contributed by atoms with Crippen molar-refractivity contribution in [3.05, 3.63) is 58.7 Å². The van der Waals surface area contributed by atoms with Gasteiger partial charge in [0.15, 0.2) is 0 Å². The van der Waals surface area contributed by atoms with Gasteiger partial charge in [-0.05, 0) is 49.2 Å². The van der Waals surface area contributed by atoms with Gasteiger partial charge < -0.3 is 10.1 Å². The van der Waals surface area contributed by atoms with E-state index >= 15 is 0 Å². The summed E-state index contributed by atoms with van der Waals surface area (Å²) in [6, 6.07) is 12.6. The summed E-state index contributed by atoms with van der Waals surface area (Å²) in [5.41, 5.74) is 5.91. The van der Waals surface area contributed by atoms with Crippen LogP contribution in [0.3, 0.4) is 0 Å². The maximum Gasteiger partial charge on any atom is 0.122 e. The first-order valence-corrected chi connectivity index (χ1v) is 8.85. The molecule has 0 atom stereocenters. The molecule has 1 aliphatic heterocycles. The Morgan fingerprint density at radius 1 is 1.17 bits per heavy atom. The maximum atomic E-state index is 6.08. The zero-order chi connectivity index (χ0) is 16.2. The molecule has 0 fully saturated rings. The third-order valence-corrected chi connectivity index (χ3v) is 5.08. The van der Waals surface area contributed by atoms with E-state index in [1.54, 1.807) is 0 Å². The third kappa shape index (κ3) is 3.53. The first-order valence-electron chi connectivity index (χ1n) is 7.86.